The van der Waals surface area contributed by atoms with Gasteiger partial charge in [0, 0.05) is 41.2 Å². The Morgan fingerprint density at radius 2 is 1.69 bits per heavy atom. The zero-order valence-corrected chi connectivity index (χ0v) is 31.4. The van der Waals surface area contributed by atoms with Crippen LogP contribution in [-0.4, -0.2) is 13.1 Å². The van der Waals surface area contributed by atoms with Gasteiger partial charge in [-0.05, 0) is 134 Å². The van der Waals surface area contributed by atoms with Crippen molar-refractivity contribution in [1.29, 1.82) is 21.0 Å². The van der Waals surface area contributed by atoms with Gasteiger partial charge in [0.25, 0.3) is 0 Å². The molecule has 0 aromatic heterocycles. The number of hydrogen-bond donors (Lipinski definition) is 0. The van der Waals surface area contributed by atoms with Crippen molar-refractivity contribution in [3.63, 3.8) is 0 Å². The molecule has 0 fully saturated rings. The van der Waals surface area contributed by atoms with Crippen molar-refractivity contribution in [1.82, 2.24) is 0 Å². The molecule has 2 unspecified atom stereocenters. The average molecular weight is 715 g/mol. The van der Waals surface area contributed by atoms with Gasteiger partial charge in [-0.3, -0.25) is 0 Å². The van der Waals surface area contributed by atoms with Gasteiger partial charge in [0.2, 0.25) is 0 Å². The first kappa shape index (κ1) is 36.5. The molecule has 0 saturated carbocycles. The van der Waals surface area contributed by atoms with Crippen molar-refractivity contribution < 1.29 is 0 Å². The molecular weight excluding hydrogens is 673 g/mol. The maximum absolute atomic E-state index is 11.1. The smallest absolute Gasteiger partial charge is 0.102 e. The van der Waals surface area contributed by atoms with Crippen molar-refractivity contribution >= 4 is 16.9 Å². The quantitative estimate of drug-likeness (QED) is 0.252. The van der Waals surface area contributed by atoms with Gasteiger partial charge in [-0.25, -0.2) is 0 Å². The first-order valence-corrected chi connectivity index (χ1v) is 18.9. The predicted octanol–water partition coefficient (Wildman–Crippen LogP) is 11.3. The summed E-state index contributed by atoms with van der Waals surface area (Å²) in [7, 11) is 2.01. The van der Waals surface area contributed by atoms with Crippen LogP contribution in [0.15, 0.2) is 155 Å². The summed E-state index contributed by atoms with van der Waals surface area (Å²) in [4.78, 5) is 4.38. The molecule has 1 heterocycles. The molecule has 0 radical (unpaired) electrons. The van der Waals surface area contributed by atoms with E-state index in [-0.39, 0.29) is 12.0 Å². The summed E-state index contributed by atoms with van der Waals surface area (Å²) in [5, 5.41) is 41.5. The monoisotopic (exact) mass is 714 g/mol. The lowest BCUT2D eigenvalue weighted by Crippen LogP contribution is -2.33. The minimum atomic E-state index is -0.0416. The Bertz CT molecular complexity index is 2460. The zero-order valence-electron chi connectivity index (χ0n) is 31.4. The van der Waals surface area contributed by atoms with E-state index in [1.54, 1.807) is 6.08 Å². The van der Waals surface area contributed by atoms with Gasteiger partial charge in [-0.2, -0.15) is 21.0 Å². The highest BCUT2D eigenvalue weighted by atomic mass is 15.2. The topological polar surface area (TPSA) is 102 Å². The fourth-order valence-electron chi connectivity index (χ4n) is 8.53. The van der Waals surface area contributed by atoms with Crippen LogP contribution in [0.5, 0.6) is 0 Å². The molecule has 2 aromatic rings. The second-order valence-electron chi connectivity index (χ2n) is 14.4. The minimum absolute atomic E-state index is 0.0416. The molecule has 4 aliphatic carbocycles. The van der Waals surface area contributed by atoms with Crippen LogP contribution in [0.1, 0.15) is 68.6 Å². The first-order valence-electron chi connectivity index (χ1n) is 18.9. The number of benzene rings is 2. The SMILES string of the molecule is C=C/C=C\C1=C(C)N(c2cc(C3=C(C#N)CCCC3)cc(-c3cc(C#N)cc(N(C)C4=C(C5=CCC=CC(C#N)=C5)CCC=C4)c3)c2C#N)C2C=CC=CC12. The Morgan fingerprint density at radius 3 is 2.47 bits per heavy atom. The molecule has 6 heteroatoms. The van der Waals surface area contributed by atoms with Crippen molar-refractivity contribution in [3.05, 3.63) is 172 Å². The third-order valence-electron chi connectivity index (χ3n) is 11.2. The molecule has 7 rings (SSSR count). The van der Waals surface area contributed by atoms with Crippen LogP contribution in [0.25, 0.3) is 16.7 Å². The van der Waals surface area contributed by atoms with Gasteiger partial charge in [-0.15, -0.1) is 0 Å². The summed E-state index contributed by atoms with van der Waals surface area (Å²) >= 11 is 0. The van der Waals surface area contributed by atoms with Crippen LogP contribution < -0.4 is 9.80 Å². The van der Waals surface area contributed by atoms with Crippen LogP contribution in [0.2, 0.25) is 0 Å². The highest BCUT2D eigenvalue weighted by Crippen LogP contribution is 2.47. The fraction of sp³-hybridized carbons (Fsp3) is 0.224. The summed E-state index contributed by atoms with van der Waals surface area (Å²) in [6.45, 7) is 6.01. The highest BCUT2D eigenvalue weighted by molar-refractivity contribution is 5.88. The van der Waals surface area contributed by atoms with Gasteiger partial charge < -0.3 is 9.80 Å². The highest BCUT2D eigenvalue weighted by Gasteiger charge is 2.38. The van der Waals surface area contributed by atoms with E-state index in [1.807, 2.05) is 43.5 Å². The lowest BCUT2D eigenvalue weighted by Gasteiger charge is -2.32. The number of allylic oxidation sites excluding steroid dienone is 17. The number of hydrogen-bond acceptors (Lipinski definition) is 6. The van der Waals surface area contributed by atoms with Crippen LogP contribution in [0.4, 0.5) is 11.4 Å². The summed E-state index contributed by atoms with van der Waals surface area (Å²) < 4.78 is 0. The van der Waals surface area contributed by atoms with Gasteiger partial charge >= 0.3 is 0 Å². The number of nitrogens with zero attached hydrogens (tertiary/aromatic N) is 6. The second kappa shape index (κ2) is 16.0. The Morgan fingerprint density at radius 1 is 0.855 bits per heavy atom. The molecule has 2 atom stereocenters. The Labute approximate surface area is 324 Å². The van der Waals surface area contributed by atoms with Crippen LogP contribution >= 0.6 is 0 Å². The van der Waals surface area contributed by atoms with E-state index in [4.69, 9.17) is 0 Å². The molecule has 0 bridgehead atoms. The van der Waals surface area contributed by atoms with E-state index in [0.29, 0.717) is 16.7 Å². The normalized spacial score (nSPS) is 20.4. The number of nitriles is 4. The number of likely N-dealkylation sites (N-methyl/N-ethyl adjacent to an activating group) is 1. The molecule has 5 aliphatic rings. The Kier molecular flexibility index (Phi) is 10.6. The van der Waals surface area contributed by atoms with E-state index < -0.39 is 0 Å². The minimum Gasteiger partial charge on any atom is -0.344 e. The van der Waals surface area contributed by atoms with E-state index >= 15 is 0 Å². The largest absolute Gasteiger partial charge is 0.344 e. The Balaban J connectivity index is 1.44. The lowest BCUT2D eigenvalue weighted by atomic mass is 9.84. The number of anilines is 2. The van der Waals surface area contributed by atoms with Crippen molar-refractivity contribution in [3.8, 4) is 35.4 Å². The summed E-state index contributed by atoms with van der Waals surface area (Å²) in [6.07, 6.45) is 32.6. The van der Waals surface area contributed by atoms with Crippen molar-refractivity contribution in [2.45, 2.75) is 57.9 Å². The first-order chi connectivity index (χ1) is 26.9. The molecule has 6 nitrogen and oxygen atoms in total. The third-order valence-corrected chi connectivity index (χ3v) is 11.2. The van der Waals surface area contributed by atoms with Gasteiger partial charge in [0.05, 0.1) is 46.6 Å². The zero-order chi connectivity index (χ0) is 38.5. The maximum Gasteiger partial charge on any atom is 0.102 e. The molecule has 268 valence electrons. The Hall–Kier alpha value is -6.86. The van der Waals surface area contributed by atoms with E-state index in [1.165, 1.54) is 0 Å². The molecule has 0 amide bonds. The molecule has 1 aliphatic heterocycles. The van der Waals surface area contributed by atoms with E-state index in [0.717, 1.165) is 112 Å². The van der Waals surface area contributed by atoms with Gasteiger partial charge in [0.1, 0.15) is 6.07 Å². The number of fused-ring (bicyclic) bond motifs is 1. The van der Waals surface area contributed by atoms with Crippen LogP contribution in [0.3, 0.4) is 0 Å². The predicted molar refractivity (Wildman–Crippen MR) is 222 cm³/mol. The van der Waals surface area contributed by atoms with Gasteiger partial charge in [0.15, 0.2) is 0 Å². The molecule has 0 N–H and O–H groups in total. The van der Waals surface area contributed by atoms with Crippen LogP contribution in [0, 0.1) is 51.2 Å². The van der Waals surface area contributed by atoms with Crippen molar-refractivity contribution in [2.24, 2.45) is 5.92 Å². The molecular formula is C49H42N6. The number of rotatable bonds is 8. The standard InChI is InChI=1S/C49H42N6/c1-4-5-17-41-33(2)55(48-22-13-11-20-44(41)48)49-28-39(42-18-9-8-16-37(42)31-52)27-45(46(49)32-53)38-24-35(30-51)25-40(26-38)54(3)47-21-12-10-19-43(47)36-15-7-6-14-34(23-36)29-50/h4-6,11-15,17,20-28,44,48H,1,7-10,16,18-19H2,2-3H3/b17-5-. The third kappa shape index (κ3) is 7.00. The molecule has 2 aromatic carbocycles. The van der Waals surface area contributed by atoms with Gasteiger partial charge in [-0.1, -0.05) is 67.3 Å². The average Bonchev–Trinajstić information content (AvgIpc) is 3.34. The summed E-state index contributed by atoms with van der Waals surface area (Å²) in [5.74, 6) is 0.0926. The van der Waals surface area contributed by atoms with Crippen LogP contribution in [-0.2, 0) is 0 Å². The lowest BCUT2D eigenvalue weighted by molar-refractivity contribution is 0.683. The summed E-state index contributed by atoms with van der Waals surface area (Å²) in [5.41, 5.74) is 12.8. The molecule has 0 spiro atoms. The second-order valence-corrected chi connectivity index (χ2v) is 14.4. The van der Waals surface area contributed by atoms with E-state index in [2.05, 4.69) is 114 Å². The molecule has 0 saturated heterocycles. The fourth-order valence-corrected chi connectivity index (χ4v) is 8.53. The van der Waals surface area contributed by atoms with E-state index in [9.17, 15) is 21.0 Å². The summed E-state index contributed by atoms with van der Waals surface area (Å²) in [6, 6.07) is 19.7. The van der Waals surface area contributed by atoms with Crippen molar-refractivity contribution in [2.75, 3.05) is 16.8 Å². The molecule has 55 heavy (non-hydrogen) atoms. The maximum atomic E-state index is 11.1.